The zero-order chi connectivity index (χ0) is 16.7. The fourth-order valence-corrected chi connectivity index (χ4v) is 2.67. The molecule has 1 aromatic rings. The molecule has 0 radical (unpaired) electrons. The molecular weight excluding hydrogens is 294 g/mol. The number of carbonyl (C=O) groups is 1. The van der Waals surface area contributed by atoms with Crippen molar-refractivity contribution >= 4 is 11.7 Å². The van der Waals surface area contributed by atoms with Crippen molar-refractivity contribution in [3.8, 4) is 11.5 Å². The molecule has 2 amide bonds. The van der Waals surface area contributed by atoms with Crippen LogP contribution in [0.4, 0.5) is 10.5 Å². The fraction of sp³-hybridized carbons (Fsp3) is 0.588. The van der Waals surface area contributed by atoms with Crippen LogP contribution in [0.1, 0.15) is 19.8 Å². The minimum Gasteiger partial charge on any atom is -0.493 e. The van der Waals surface area contributed by atoms with E-state index in [2.05, 4.69) is 17.1 Å². The highest BCUT2D eigenvalue weighted by Crippen LogP contribution is 2.31. The minimum atomic E-state index is 0.0467. The van der Waals surface area contributed by atoms with Crippen molar-refractivity contribution in [1.29, 1.82) is 0 Å². The number of anilines is 1. The summed E-state index contributed by atoms with van der Waals surface area (Å²) in [6.45, 7) is 5.96. The van der Waals surface area contributed by atoms with Gasteiger partial charge in [-0.05, 0) is 18.6 Å². The lowest BCUT2D eigenvalue weighted by molar-refractivity contribution is 0.194. The lowest BCUT2D eigenvalue weighted by Crippen LogP contribution is -2.52. The summed E-state index contributed by atoms with van der Waals surface area (Å²) in [5, 5.41) is 2.97. The van der Waals surface area contributed by atoms with Crippen LogP contribution in [0.15, 0.2) is 18.2 Å². The van der Waals surface area contributed by atoms with E-state index >= 15 is 0 Å². The molecule has 2 rings (SSSR count). The highest BCUT2D eigenvalue weighted by Gasteiger charge is 2.21. The Morgan fingerprint density at radius 1 is 1.13 bits per heavy atom. The van der Waals surface area contributed by atoms with Crippen LogP contribution in [-0.2, 0) is 0 Å². The number of hydrogen-bond donors (Lipinski definition) is 1. The number of hydrogen-bond acceptors (Lipinski definition) is 4. The van der Waals surface area contributed by atoms with Crippen molar-refractivity contribution < 1.29 is 14.3 Å². The van der Waals surface area contributed by atoms with Crippen molar-refractivity contribution in [2.45, 2.75) is 19.8 Å². The van der Waals surface area contributed by atoms with E-state index in [0.717, 1.165) is 62.8 Å². The van der Waals surface area contributed by atoms with Crippen molar-refractivity contribution in [2.24, 2.45) is 0 Å². The molecule has 23 heavy (non-hydrogen) atoms. The standard InChI is InChI=1S/C17H27N3O3/c1-4-5-8-18-17(21)20-11-9-19(10-12-20)14-6-7-15(22-2)16(13-14)23-3/h6-7,13H,4-5,8-12H2,1-3H3,(H,18,21). The Kier molecular flexibility index (Phi) is 6.38. The summed E-state index contributed by atoms with van der Waals surface area (Å²) in [5.41, 5.74) is 1.09. The first-order valence-corrected chi connectivity index (χ1v) is 8.19. The van der Waals surface area contributed by atoms with Crippen LogP contribution in [0, 0.1) is 0 Å². The van der Waals surface area contributed by atoms with Gasteiger partial charge < -0.3 is 24.6 Å². The molecule has 6 nitrogen and oxygen atoms in total. The number of piperazine rings is 1. The number of methoxy groups -OCH3 is 2. The van der Waals surface area contributed by atoms with Gasteiger partial charge in [-0.1, -0.05) is 13.3 Å². The maximum absolute atomic E-state index is 12.1. The molecule has 0 atom stereocenters. The molecule has 1 aliphatic rings. The topological polar surface area (TPSA) is 54.0 Å². The summed E-state index contributed by atoms with van der Waals surface area (Å²) < 4.78 is 10.6. The molecule has 6 heteroatoms. The van der Waals surface area contributed by atoms with Crippen molar-refractivity contribution in [1.82, 2.24) is 10.2 Å². The number of urea groups is 1. The van der Waals surface area contributed by atoms with E-state index in [0.29, 0.717) is 0 Å². The molecule has 128 valence electrons. The van der Waals surface area contributed by atoms with Gasteiger partial charge in [-0.2, -0.15) is 0 Å². The second-order valence-electron chi connectivity index (χ2n) is 5.60. The molecule has 1 fully saturated rings. The molecule has 1 N–H and O–H groups in total. The van der Waals surface area contributed by atoms with Gasteiger partial charge in [0.05, 0.1) is 14.2 Å². The van der Waals surface area contributed by atoms with Gasteiger partial charge in [0.15, 0.2) is 11.5 Å². The van der Waals surface area contributed by atoms with Gasteiger partial charge in [-0.3, -0.25) is 0 Å². The third-order valence-corrected chi connectivity index (χ3v) is 4.11. The molecule has 0 unspecified atom stereocenters. The number of carbonyl (C=O) groups excluding carboxylic acids is 1. The molecular formula is C17H27N3O3. The van der Waals surface area contributed by atoms with E-state index < -0.39 is 0 Å². The van der Waals surface area contributed by atoms with Crippen LogP contribution in [-0.4, -0.2) is 57.9 Å². The lowest BCUT2D eigenvalue weighted by atomic mass is 10.2. The quantitative estimate of drug-likeness (QED) is 0.817. The Hall–Kier alpha value is -2.11. The molecule has 0 bridgehead atoms. The van der Waals surface area contributed by atoms with Gasteiger partial charge in [-0.15, -0.1) is 0 Å². The number of ether oxygens (including phenoxy) is 2. The van der Waals surface area contributed by atoms with Gasteiger partial charge in [0.25, 0.3) is 0 Å². The Morgan fingerprint density at radius 3 is 2.43 bits per heavy atom. The summed E-state index contributed by atoms with van der Waals surface area (Å²) in [4.78, 5) is 16.2. The van der Waals surface area contributed by atoms with Gasteiger partial charge in [0, 0.05) is 44.5 Å². The number of nitrogens with zero attached hydrogens (tertiary/aromatic N) is 2. The summed E-state index contributed by atoms with van der Waals surface area (Å²) >= 11 is 0. The first-order valence-electron chi connectivity index (χ1n) is 8.19. The van der Waals surface area contributed by atoms with Crippen molar-refractivity contribution in [3.63, 3.8) is 0 Å². The number of nitrogens with one attached hydrogen (secondary N) is 1. The SMILES string of the molecule is CCCCNC(=O)N1CCN(c2ccc(OC)c(OC)c2)CC1. The first kappa shape index (κ1) is 17.2. The molecule has 0 saturated carbocycles. The zero-order valence-electron chi connectivity index (χ0n) is 14.3. The second kappa shape index (κ2) is 8.50. The van der Waals surface area contributed by atoms with E-state index in [9.17, 15) is 4.79 Å². The predicted octanol–water partition coefficient (Wildman–Crippen LogP) is 2.34. The van der Waals surface area contributed by atoms with Crippen LogP contribution in [0.5, 0.6) is 11.5 Å². The highest BCUT2D eigenvalue weighted by atomic mass is 16.5. The van der Waals surface area contributed by atoms with Gasteiger partial charge >= 0.3 is 6.03 Å². The number of unbranched alkanes of at least 4 members (excludes halogenated alkanes) is 1. The summed E-state index contributed by atoms with van der Waals surface area (Å²) in [6.07, 6.45) is 2.12. The summed E-state index contributed by atoms with van der Waals surface area (Å²) in [5.74, 6) is 1.45. The van der Waals surface area contributed by atoms with E-state index in [1.165, 1.54) is 0 Å². The molecule has 0 aliphatic carbocycles. The van der Waals surface area contributed by atoms with Crippen LogP contribution in [0.25, 0.3) is 0 Å². The van der Waals surface area contributed by atoms with Crippen molar-refractivity contribution in [3.05, 3.63) is 18.2 Å². The summed E-state index contributed by atoms with van der Waals surface area (Å²) in [6, 6.07) is 5.97. The Morgan fingerprint density at radius 2 is 1.83 bits per heavy atom. The summed E-state index contributed by atoms with van der Waals surface area (Å²) in [7, 11) is 3.27. The third kappa shape index (κ3) is 4.43. The van der Waals surface area contributed by atoms with E-state index in [1.54, 1.807) is 14.2 Å². The Labute approximate surface area is 138 Å². The normalized spacial score (nSPS) is 14.6. The fourth-order valence-electron chi connectivity index (χ4n) is 2.67. The lowest BCUT2D eigenvalue weighted by Gasteiger charge is -2.36. The largest absolute Gasteiger partial charge is 0.493 e. The molecule has 0 aromatic heterocycles. The van der Waals surface area contributed by atoms with Gasteiger partial charge in [0.1, 0.15) is 0 Å². The maximum Gasteiger partial charge on any atom is 0.317 e. The van der Waals surface area contributed by atoms with E-state index in [1.807, 2.05) is 23.1 Å². The third-order valence-electron chi connectivity index (χ3n) is 4.11. The number of amides is 2. The smallest absolute Gasteiger partial charge is 0.317 e. The van der Waals surface area contributed by atoms with Gasteiger partial charge in [-0.25, -0.2) is 4.79 Å². The minimum absolute atomic E-state index is 0.0467. The molecule has 1 aromatic carbocycles. The predicted molar refractivity (Wildman–Crippen MR) is 91.6 cm³/mol. The molecule has 1 heterocycles. The average molecular weight is 321 g/mol. The zero-order valence-corrected chi connectivity index (χ0v) is 14.3. The monoisotopic (exact) mass is 321 g/mol. The van der Waals surface area contributed by atoms with E-state index in [4.69, 9.17) is 9.47 Å². The first-order chi connectivity index (χ1) is 11.2. The van der Waals surface area contributed by atoms with Crippen LogP contribution in [0.2, 0.25) is 0 Å². The van der Waals surface area contributed by atoms with Crippen LogP contribution in [0.3, 0.4) is 0 Å². The Balaban J connectivity index is 1.90. The van der Waals surface area contributed by atoms with Crippen molar-refractivity contribution in [2.75, 3.05) is 51.8 Å². The average Bonchev–Trinajstić information content (AvgIpc) is 2.61. The molecule has 0 spiro atoms. The molecule has 1 saturated heterocycles. The van der Waals surface area contributed by atoms with E-state index in [-0.39, 0.29) is 6.03 Å². The van der Waals surface area contributed by atoms with Gasteiger partial charge in [0.2, 0.25) is 0 Å². The number of benzene rings is 1. The number of rotatable bonds is 6. The highest BCUT2D eigenvalue weighted by molar-refractivity contribution is 5.74. The molecule has 1 aliphatic heterocycles. The van der Waals surface area contributed by atoms with Crippen LogP contribution < -0.4 is 19.7 Å². The van der Waals surface area contributed by atoms with Crippen LogP contribution >= 0.6 is 0 Å². The Bertz CT molecular complexity index is 514. The second-order valence-corrected chi connectivity index (χ2v) is 5.60. The maximum atomic E-state index is 12.1.